The van der Waals surface area contributed by atoms with Crippen LogP contribution in [-0.4, -0.2) is 26.0 Å². The van der Waals surface area contributed by atoms with Gasteiger partial charge in [0.1, 0.15) is 12.0 Å². The van der Waals surface area contributed by atoms with Gasteiger partial charge in [-0.3, -0.25) is 5.32 Å². The Labute approximate surface area is 147 Å². The zero-order valence-corrected chi connectivity index (χ0v) is 14.7. The highest BCUT2D eigenvalue weighted by Crippen LogP contribution is 2.51. The maximum atomic E-state index is 12.2. The van der Waals surface area contributed by atoms with Gasteiger partial charge in [0.25, 0.3) is 0 Å². The molecule has 1 N–H and O–H groups in total. The summed E-state index contributed by atoms with van der Waals surface area (Å²) in [5.41, 5.74) is 4.01. The van der Waals surface area contributed by atoms with Crippen molar-refractivity contribution in [3.63, 3.8) is 0 Å². The molecular formula is C20H22N2O3. The van der Waals surface area contributed by atoms with Crippen LogP contribution >= 0.6 is 0 Å². The molecule has 2 aromatic carbocycles. The minimum absolute atomic E-state index is 0.0542. The van der Waals surface area contributed by atoms with Gasteiger partial charge in [-0.2, -0.15) is 0 Å². The fourth-order valence-corrected chi connectivity index (χ4v) is 3.92. The van der Waals surface area contributed by atoms with Gasteiger partial charge in [-0.05, 0) is 48.7 Å². The topological polar surface area (TPSA) is 50.8 Å². The first kappa shape index (κ1) is 16.0. The molecule has 2 aromatic rings. The Morgan fingerprint density at radius 2 is 2.12 bits per heavy atom. The van der Waals surface area contributed by atoms with Crippen LogP contribution in [0.15, 0.2) is 42.5 Å². The molecule has 2 atom stereocenters. The first-order chi connectivity index (χ1) is 12.0. The van der Waals surface area contributed by atoms with E-state index in [0.717, 1.165) is 30.0 Å². The molecule has 4 rings (SSSR count). The number of rotatable bonds is 2. The lowest BCUT2D eigenvalue weighted by Gasteiger charge is -2.26. The van der Waals surface area contributed by atoms with Gasteiger partial charge in [-0.25, -0.2) is 4.79 Å². The van der Waals surface area contributed by atoms with Crippen LogP contribution in [0.3, 0.4) is 0 Å². The Morgan fingerprint density at radius 3 is 2.92 bits per heavy atom. The third-order valence-corrected chi connectivity index (χ3v) is 5.35. The van der Waals surface area contributed by atoms with Gasteiger partial charge in [-0.1, -0.05) is 25.1 Å². The summed E-state index contributed by atoms with van der Waals surface area (Å²) in [5, 5.41) is 2.79. The predicted molar refractivity (Wildman–Crippen MR) is 97.4 cm³/mol. The Bertz CT molecular complexity index is 835. The average molecular weight is 338 g/mol. The number of ether oxygens (including phenoxy) is 2. The molecule has 0 aromatic heterocycles. The predicted octanol–water partition coefficient (Wildman–Crippen LogP) is 4.06. The molecule has 2 aliphatic heterocycles. The number of aryl methyl sites for hydroxylation is 1. The molecule has 0 bridgehead atoms. The summed E-state index contributed by atoms with van der Waals surface area (Å²) in [6.45, 7) is 4.91. The molecule has 25 heavy (non-hydrogen) atoms. The van der Waals surface area contributed by atoms with Crippen molar-refractivity contribution in [2.45, 2.75) is 31.9 Å². The maximum absolute atomic E-state index is 12.2. The van der Waals surface area contributed by atoms with Gasteiger partial charge >= 0.3 is 6.09 Å². The minimum Gasteiger partial charge on any atom is -0.410 e. The molecule has 0 radical (unpaired) electrons. The molecule has 1 saturated heterocycles. The highest BCUT2D eigenvalue weighted by molar-refractivity contribution is 5.87. The van der Waals surface area contributed by atoms with E-state index >= 15 is 0 Å². The summed E-state index contributed by atoms with van der Waals surface area (Å²) in [4.78, 5) is 14.4. The van der Waals surface area contributed by atoms with Gasteiger partial charge in [0.15, 0.2) is 0 Å². The van der Waals surface area contributed by atoms with E-state index in [4.69, 9.17) is 9.47 Å². The van der Waals surface area contributed by atoms with Gasteiger partial charge in [0.2, 0.25) is 0 Å². The number of nitrogens with zero attached hydrogens (tertiary/aromatic N) is 1. The molecule has 2 heterocycles. The Hall–Kier alpha value is -2.53. The van der Waals surface area contributed by atoms with Crippen molar-refractivity contribution >= 4 is 17.5 Å². The lowest BCUT2D eigenvalue weighted by atomic mass is 9.82. The summed E-state index contributed by atoms with van der Waals surface area (Å²) in [6, 6.07) is 13.4. The number of nitrogens with one attached hydrogen (secondary N) is 1. The summed E-state index contributed by atoms with van der Waals surface area (Å²) < 4.78 is 11.4. The van der Waals surface area contributed by atoms with Crippen molar-refractivity contribution in [3.05, 3.63) is 53.6 Å². The fraction of sp³-hybridized carbons (Fsp3) is 0.350. The Kier molecular flexibility index (Phi) is 3.69. The van der Waals surface area contributed by atoms with Crippen LogP contribution in [-0.2, 0) is 10.2 Å². The van der Waals surface area contributed by atoms with E-state index in [1.54, 1.807) is 0 Å². The zero-order chi connectivity index (χ0) is 17.6. The highest BCUT2D eigenvalue weighted by Gasteiger charge is 2.50. The van der Waals surface area contributed by atoms with Gasteiger partial charge < -0.3 is 14.4 Å². The number of anilines is 2. The third-order valence-electron chi connectivity index (χ3n) is 5.35. The van der Waals surface area contributed by atoms with Crippen LogP contribution in [0.25, 0.3) is 0 Å². The van der Waals surface area contributed by atoms with E-state index < -0.39 is 6.09 Å². The van der Waals surface area contributed by atoms with Crippen LogP contribution < -0.4 is 15.0 Å². The second-order valence-corrected chi connectivity index (χ2v) is 7.01. The van der Waals surface area contributed by atoms with Gasteiger partial charge in [-0.15, -0.1) is 0 Å². The molecule has 1 amide bonds. The molecular weight excluding hydrogens is 316 g/mol. The second kappa shape index (κ2) is 5.77. The number of para-hydroxylation sites is 1. The van der Waals surface area contributed by atoms with E-state index in [2.05, 4.69) is 17.1 Å². The first-order valence-electron chi connectivity index (χ1n) is 8.52. The molecule has 0 spiro atoms. The van der Waals surface area contributed by atoms with Crippen LogP contribution in [0.4, 0.5) is 16.2 Å². The number of carbonyl (C=O) groups is 1. The van der Waals surface area contributed by atoms with E-state index in [1.165, 1.54) is 5.56 Å². The standard InChI is InChI=1S/C20H22N2O3/c1-13-6-4-5-7-16(13)21-19(23)25-14-8-9-17-15(12-14)20(2)10-11-24-18(20)22(17)3/h4-9,12,18H,10-11H2,1-3H3,(H,21,23)/t18?,20-/m1/s1. The summed E-state index contributed by atoms with van der Waals surface area (Å²) in [7, 11) is 2.05. The fourth-order valence-electron chi connectivity index (χ4n) is 3.92. The second-order valence-electron chi connectivity index (χ2n) is 7.01. The van der Waals surface area contributed by atoms with E-state index in [1.807, 2.05) is 56.4 Å². The smallest absolute Gasteiger partial charge is 0.410 e. The number of hydrogen-bond acceptors (Lipinski definition) is 4. The first-order valence-corrected chi connectivity index (χ1v) is 8.52. The van der Waals surface area contributed by atoms with Gasteiger partial charge in [0, 0.05) is 23.8 Å². The maximum Gasteiger partial charge on any atom is 0.417 e. The lowest BCUT2D eigenvalue weighted by molar-refractivity contribution is 0.0920. The minimum atomic E-state index is -0.482. The summed E-state index contributed by atoms with van der Waals surface area (Å²) in [5.74, 6) is 0.548. The SMILES string of the molecule is Cc1ccccc1NC(=O)Oc1ccc2c(c1)[C@@]1(C)CCOC1N2C. The number of hydrogen-bond donors (Lipinski definition) is 1. The number of amides is 1. The molecule has 2 aliphatic rings. The van der Waals surface area contributed by atoms with E-state index in [9.17, 15) is 4.79 Å². The Balaban J connectivity index is 1.55. The van der Waals surface area contributed by atoms with Crippen LogP contribution in [0, 0.1) is 6.92 Å². The lowest BCUT2D eigenvalue weighted by Crippen LogP contribution is -2.37. The van der Waals surface area contributed by atoms with Crippen molar-refractivity contribution in [1.29, 1.82) is 0 Å². The molecule has 5 heteroatoms. The molecule has 130 valence electrons. The number of carbonyl (C=O) groups excluding carboxylic acids is 1. The summed E-state index contributed by atoms with van der Waals surface area (Å²) >= 11 is 0. The van der Waals surface area contributed by atoms with Crippen molar-refractivity contribution in [1.82, 2.24) is 0 Å². The van der Waals surface area contributed by atoms with Crippen molar-refractivity contribution in [3.8, 4) is 5.75 Å². The number of likely N-dealkylation sites (N-methyl/N-ethyl adjacent to an activating group) is 1. The van der Waals surface area contributed by atoms with Crippen LogP contribution in [0.2, 0.25) is 0 Å². The molecule has 0 aliphatic carbocycles. The third kappa shape index (κ3) is 2.55. The normalized spacial score (nSPS) is 24.0. The largest absolute Gasteiger partial charge is 0.417 e. The molecule has 1 fully saturated rings. The summed E-state index contributed by atoms with van der Waals surface area (Å²) in [6.07, 6.45) is 0.539. The van der Waals surface area contributed by atoms with E-state index in [0.29, 0.717) is 5.75 Å². The average Bonchev–Trinajstić information content (AvgIpc) is 3.07. The van der Waals surface area contributed by atoms with Crippen LogP contribution in [0.5, 0.6) is 5.75 Å². The number of fused-ring (bicyclic) bond motifs is 3. The number of benzene rings is 2. The van der Waals surface area contributed by atoms with Crippen LogP contribution in [0.1, 0.15) is 24.5 Å². The van der Waals surface area contributed by atoms with Gasteiger partial charge in [0.05, 0.1) is 6.61 Å². The van der Waals surface area contributed by atoms with Crippen molar-refractivity contribution in [2.75, 3.05) is 23.9 Å². The quantitative estimate of drug-likeness (QED) is 0.897. The zero-order valence-electron chi connectivity index (χ0n) is 14.7. The monoisotopic (exact) mass is 338 g/mol. The van der Waals surface area contributed by atoms with E-state index in [-0.39, 0.29) is 11.6 Å². The van der Waals surface area contributed by atoms with Crippen molar-refractivity contribution < 1.29 is 14.3 Å². The molecule has 1 unspecified atom stereocenters. The molecule has 5 nitrogen and oxygen atoms in total. The van der Waals surface area contributed by atoms with Crippen molar-refractivity contribution in [2.24, 2.45) is 0 Å². The molecule has 0 saturated carbocycles. The Morgan fingerprint density at radius 1 is 1.32 bits per heavy atom. The highest BCUT2D eigenvalue weighted by atomic mass is 16.6.